The molecule has 1 aromatic carbocycles. The number of hydrogen-bond acceptors (Lipinski definition) is 4. The van der Waals surface area contributed by atoms with Crippen LogP contribution in [-0.2, 0) is 6.42 Å². The number of aryl methyl sites for hydroxylation is 3. The van der Waals surface area contributed by atoms with Crippen LogP contribution in [0.5, 0.6) is 5.75 Å². The molecule has 5 heteroatoms. The van der Waals surface area contributed by atoms with E-state index in [-0.39, 0.29) is 0 Å². The third-order valence-electron chi connectivity index (χ3n) is 3.95. The van der Waals surface area contributed by atoms with E-state index in [1.807, 2.05) is 19.1 Å². The summed E-state index contributed by atoms with van der Waals surface area (Å²) in [6.45, 7) is 6.17. The Morgan fingerprint density at radius 3 is 2.73 bits per heavy atom. The largest absolute Gasteiger partial charge is 0.496 e. The Bertz CT molecular complexity index is 899. The lowest BCUT2D eigenvalue weighted by Gasteiger charge is -2.07. The first kappa shape index (κ1) is 14.6. The van der Waals surface area contributed by atoms with E-state index < -0.39 is 0 Å². The molecule has 0 aliphatic rings. The number of aromatic nitrogens is 2. The van der Waals surface area contributed by atoms with Crippen molar-refractivity contribution in [1.29, 1.82) is 5.26 Å². The summed E-state index contributed by atoms with van der Waals surface area (Å²) in [6, 6.07) is 8.28. The third kappa shape index (κ3) is 2.16. The van der Waals surface area contributed by atoms with Crippen LogP contribution >= 0.6 is 11.3 Å². The van der Waals surface area contributed by atoms with Crippen molar-refractivity contribution in [2.24, 2.45) is 0 Å². The van der Waals surface area contributed by atoms with Gasteiger partial charge in [-0.05, 0) is 44.5 Å². The highest BCUT2D eigenvalue weighted by molar-refractivity contribution is 7.17. The van der Waals surface area contributed by atoms with E-state index in [9.17, 15) is 5.26 Å². The number of nitriles is 1. The van der Waals surface area contributed by atoms with Crippen LogP contribution in [0.1, 0.15) is 21.8 Å². The van der Waals surface area contributed by atoms with E-state index in [1.54, 1.807) is 18.4 Å². The minimum absolute atomic E-state index is 0.346. The average molecular weight is 311 g/mol. The predicted molar refractivity (Wildman–Crippen MR) is 88.6 cm³/mol. The van der Waals surface area contributed by atoms with Gasteiger partial charge in [0.25, 0.3) is 0 Å². The van der Waals surface area contributed by atoms with Crippen LogP contribution in [0.3, 0.4) is 0 Å². The van der Waals surface area contributed by atoms with E-state index >= 15 is 0 Å². The molecule has 0 N–H and O–H groups in total. The fourth-order valence-corrected chi connectivity index (χ4v) is 3.70. The van der Waals surface area contributed by atoms with Crippen LogP contribution in [0, 0.1) is 32.1 Å². The maximum Gasteiger partial charge on any atom is 0.194 e. The van der Waals surface area contributed by atoms with Gasteiger partial charge in [0.1, 0.15) is 5.75 Å². The lowest BCUT2D eigenvalue weighted by atomic mass is 10.1. The normalized spacial score (nSPS) is 10.9. The number of thiazole rings is 1. The Balaban J connectivity index is 2.24. The second kappa shape index (κ2) is 5.47. The summed E-state index contributed by atoms with van der Waals surface area (Å²) < 4.78 is 7.43. The highest BCUT2D eigenvalue weighted by atomic mass is 32.1. The Morgan fingerprint density at radius 2 is 2.09 bits per heavy atom. The quantitative estimate of drug-likeness (QED) is 0.733. The van der Waals surface area contributed by atoms with Crippen molar-refractivity contribution in [3.63, 3.8) is 0 Å². The number of rotatable bonds is 3. The monoisotopic (exact) mass is 311 g/mol. The van der Waals surface area contributed by atoms with Crippen molar-refractivity contribution in [3.05, 3.63) is 40.0 Å². The molecular formula is C17H17N3OS. The summed E-state index contributed by atoms with van der Waals surface area (Å²) in [7, 11) is 1.67. The summed E-state index contributed by atoms with van der Waals surface area (Å²) in [5, 5.41) is 9.20. The van der Waals surface area contributed by atoms with Gasteiger partial charge in [0.2, 0.25) is 0 Å². The number of benzene rings is 1. The average Bonchev–Trinajstić information content (AvgIpc) is 2.97. The highest BCUT2D eigenvalue weighted by Crippen LogP contribution is 2.32. The van der Waals surface area contributed by atoms with Crippen LogP contribution < -0.4 is 4.74 Å². The molecule has 0 bridgehead atoms. The molecule has 0 spiro atoms. The summed E-state index contributed by atoms with van der Waals surface area (Å²) >= 11 is 1.66. The van der Waals surface area contributed by atoms with Crippen molar-refractivity contribution in [2.75, 3.05) is 7.11 Å². The number of fused-ring (bicyclic) bond motifs is 1. The first-order chi connectivity index (χ1) is 10.6. The molecule has 0 amide bonds. The minimum atomic E-state index is 0.346. The van der Waals surface area contributed by atoms with Crippen LogP contribution in [0.15, 0.2) is 18.2 Å². The van der Waals surface area contributed by atoms with Gasteiger partial charge in [-0.25, -0.2) is 4.98 Å². The Kier molecular flexibility index (Phi) is 3.63. The topological polar surface area (TPSA) is 50.3 Å². The van der Waals surface area contributed by atoms with E-state index in [2.05, 4.69) is 30.4 Å². The zero-order valence-electron chi connectivity index (χ0n) is 13.1. The zero-order chi connectivity index (χ0) is 15.9. The van der Waals surface area contributed by atoms with Gasteiger partial charge in [0.15, 0.2) is 4.96 Å². The van der Waals surface area contributed by atoms with Crippen molar-refractivity contribution in [3.8, 4) is 23.1 Å². The summed E-state index contributed by atoms with van der Waals surface area (Å²) in [5.41, 5.74) is 5.10. The fourth-order valence-electron chi connectivity index (χ4n) is 2.71. The first-order valence-electron chi connectivity index (χ1n) is 7.06. The SMILES string of the molecule is COc1ccc(-c2nc3sc(C)c(C)n3c2CC#N)cc1C. The van der Waals surface area contributed by atoms with Gasteiger partial charge in [-0.2, -0.15) is 5.26 Å². The smallest absolute Gasteiger partial charge is 0.194 e. The van der Waals surface area contributed by atoms with E-state index in [0.717, 1.165) is 38.9 Å². The van der Waals surface area contributed by atoms with Crippen molar-refractivity contribution in [2.45, 2.75) is 27.2 Å². The number of imidazole rings is 1. The summed E-state index contributed by atoms with van der Waals surface area (Å²) in [6.07, 6.45) is 0.346. The van der Waals surface area contributed by atoms with Crippen LogP contribution in [0.25, 0.3) is 16.2 Å². The molecule has 0 fully saturated rings. The van der Waals surface area contributed by atoms with Crippen molar-refractivity contribution < 1.29 is 4.74 Å². The molecule has 4 nitrogen and oxygen atoms in total. The predicted octanol–water partition coefficient (Wildman–Crippen LogP) is 4.06. The molecule has 22 heavy (non-hydrogen) atoms. The van der Waals surface area contributed by atoms with Gasteiger partial charge in [0, 0.05) is 16.1 Å². The molecule has 3 aromatic rings. The molecule has 0 aliphatic heterocycles. The molecule has 3 rings (SSSR count). The van der Waals surface area contributed by atoms with Crippen molar-refractivity contribution >= 4 is 16.3 Å². The Hall–Kier alpha value is -2.32. The second-order valence-electron chi connectivity index (χ2n) is 5.29. The molecule has 0 unspecified atom stereocenters. The molecule has 112 valence electrons. The lowest BCUT2D eigenvalue weighted by Crippen LogP contribution is -1.96. The number of hydrogen-bond donors (Lipinski definition) is 0. The minimum Gasteiger partial charge on any atom is -0.496 e. The van der Waals surface area contributed by atoms with E-state index in [4.69, 9.17) is 9.72 Å². The first-order valence-corrected chi connectivity index (χ1v) is 7.87. The van der Waals surface area contributed by atoms with Crippen molar-refractivity contribution in [1.82, 2.24) is 9.38 Å². The standard InChI is InChI=1S/C17H17N3OS/c1-10-9-13(5-6-15(10)21-4)16-14(7-8-18)20-11(2)12(3)22-17(20)19-16/h5-6,9H,7H2,1-4H3. The molecule has 0 radical (unpaired) electrons. The molecule has 0 aliphatic carbocycles. The van der Waals surface area contributed by atoms with Gasteiger partial charge < -0.3 is 4.74 Å². The third-order valence-corrected chi connectivity index (χ3v) is 5.00. The van der Waals surface area contributed by atoms with E-state index in [0.29, 0.717) is 6.42 Å². The molecule has 0 atom stereocenters. The molecule has 0 saturated carbocycles. The second-order valence-corrected chi connectivity index (χ2v) is 6.47. The molecule has 2 heterocycles. The van der Waals surface area contributed by atoms with Crippen LogP contribution in [-0.4, -0.2) is 16.5 Å². The van der Waals surface area contributed by atoms with Gasteiger partial charge in [0.05, 0.1) is 31.0 Å². The lowest BCUT2D eigenvalue weighted by molar-refractivity contribution is 0.412. The summed E-state index contributed by atoms with van der Waals surface area (Å²) in [5.74, 6) is 0.860. The Morgan fingerprint density at radius 1 is 1.32 bits per heavy atom. The maximum absolute atomic E-state index is 9.20. The molecule has 2 aromatic heterocycles. The molecular weight excluding hydrogens is 294 g/mol. The Labute approximate surface area is 133 Å². The van der Waals surface area contributed by atoms with E-state index in [1.165, 1.54) is 4.88 Å². The highest BCUT2D eigenvalue weighted by Gasteiger charge is 2.18. The zero-order valence-corrected chi connectivity index (χ0v) is 13.9. The fraction of sp³-hybridized carbons (Fsp3) is 0.294. The number of nitrogens with zero attached hydrogens (tertiary/aromatic N) is 3. The van der Waals surface area contributed by atoms with Gasteiger partial charge in [-0.3, -0.25) is 4.40 Å². The van der Waals surface area contributed by atoms with Gasteiger partial charge in [-0.15, -0.1) is 11.3 Å². The van der Waals surface area contributed by atoms with Gasteiger partial charge >= 0.3 is 0 Å². The van der Waals surface area contributed by atoms with Crippen LogP contribution in [0.2, 0.25) is 0 Å². The maximum atomic E-state index is 9.20. The van der Waals surface area contributed by atoms with Gasteiger partial charge in [-0.1, -0.05) is 0 Å². The number of ether oxygens (including phenoxy) is 1. The molecule has 0 saturated heterocycles. The van der Waals surface area contributed by atoms with Crippen LogP contribution in [0.4, 0.5) is 0 Å². The number of methoxy groups -OCH3 is 1. The summed E-state index contributed by atoms with van der Waals surface area (Å²) in [4.78, 5) is 6.95.